The van der Waals surface area contributed by atoms with E-state index in [0.29, 0.717) is 0 Å². The minimum atomic E-state index is -0.298. The molecule has 0 radical (unpaired) electrons. The van der Waals surface area contributed by atoms with E-state index in [2.05, 4.69) is 6.92 Å². The molecule has 0 aromatic heterocycles. The van der Waals surface area contributed by atoms with E-state index in [0.717, 1.165) is 25.8 Å². The van der Waals surface area contributed by atoms with Crippen LogP contribution in [0.25, 0.3) is 0 Å². The first-order valence-corrected chi connectivity index (χ1v) is 6.65. The van der Waals surface area contributed by atoms with E-state index in [-0.39, 0.29) is 11.9 Å². The van der Waals surface area contributed by atoms with Crippen LogP contribution in [0.15, 0.2) is 11.5 Å². The maximum Gasteiger partial charge on any atom is 0.261 e. The van der Waals surface area contributed by atoms with Crippen LogP contribution in [0.2, 0.25) is 0 Å². The van der Waals surface area contributed by atoms with E-state index >= 15 is 0 Å². The number of carbonyl (C=O) groups is 1. The first-order valence-electron chi connectivity index (χ1n) is 5.82. The molecule has 0 aliphatic carbocycles. The molecule has 1 rings (SSSR count). The maximum atomic E-state index is 11.5. The molecule has 1 heterocycles. The van der Waals surface area contributed by atoms with Gasteiger partial charge in [-0.2, -0.15) is 0 Å². The molecule has 0 bridgehead atoms. The Hall–Kier alpha value is -0.520. The van der Waals surface area contributed by atoms with E-state index < -0.39 is 0 Å². The molecule has 1 unspecified atom stereocenters. The van der Waals surface area contributed by atoms with Crippen molar-refractivity contribution >= 4 is 17.9 Å². The van der Waals surface area contributed by atoms with Gasteiger partial charge in [0.25, 0.3) is 5.91 Å². The summed E-state index contributed by atoms with van der Waals surface area (Å²) >= 11 is 1.54. The summed E-state index contributed by atoms with van der Waals surface area (Å²) in [6.45, 7) is 2.94. The Labute approximate surface area is 101 Å². The molecule has 4 nitrogen and oxygen atoms in total. The fourth-order valence-electron chi connectivity index (χ4n) is 1.76. The van der Waals surface area contributed by atoms with Gasteiger partial charge < -0.3 is 0 Å². The molecule has 0 aromatic rings. The standard InChI is InChI=1S/C11H20N2O2S/c1-2-3-4-5-7-10(11(14)12-15)13-8-6-9-16-13/h6,9-10,15H,2-5,7-8H2,1H3,(H,12,14). The van der Waals surface area contributed by atoms with Gasteiger partial charge >= 0.3 is 0 Å². The SMILES string of the molecule is CCCCCCC(C(=O)NO)N1CC=CS1. The third-order valence-corrected chi connectivity index (χ3v) is 3.66. The third-order valence-electron chi connectivity index (χ3n) is 2.67. The van der Waals surface area contributed by atoms with Gasteiger partial charge in [0.1, 0.15) is 6.04 Å². The molecule has 1 atom stereocenters. The van der Waals surface area contributed by atoms with Gasteiger partial charge in [-0.05, 0) is 23.8 Å². The van der Waals surface area contributed by atoms with Gasteiger partial charge in [0.05, 0.1) is 0 Å². The van der Waals surface area contributed by atoms with Crippen molar-refractivity contribution in [3.8, 4) is 0 Å². The third kappa shape index (κ3) is 4.15. The van der Waals surface area contributed by atoms with Crippen molar-refractivity contribution in [3.63, 3.8) is 0 Å². The maximum absolute atomic E-state index is 11.5. The van der Waals surface area contributed by atoms with Crippen molar-refractivity contribution in [1.29, 1.82) is 0 Å². The molecule has 0 saturated heterocycles. The Morgan fingerprint density at radius 3 is 2.94 bits per heavy atom. The number of nitrogens with zero attached hydrogens (tertiary/aromatic N) is 1. The highest BCUT2D eigenvalue weighted by atomic mass is 32.2. The number of nitrogens with one attached hydrogen (secondary N) is 1. The van der Waals surface area contributed by atoms with Gasteiger partial charge in [-0.25, -0.2) is 9.79 Å². The summed E-state index contributed by atoms with van der Waals surface area (Å²) in [5.74, 6) is -0.298. The summed E-state index contributed by atoms with van der Waals surface area (Å²) in [5, 5.41) is 10.7. The fraction of sp³-hybridized carbons (Fsp3) is 0.727. The lowest BCUT2D eigenvalue weighted by Crippen LogP contribution is -2.42. The highest BCUT2D eigenvalue weighted by Crippen LogP contribution is 2.24. The molecule has 1 aliphatic heterocycles. The minimum Gasteiger partial charge on any atom is -0.289 e. The van der Waals surface area contributed by atoms with Crippen LogP contribution in [0, 0.1) is 0 Å². The van der Waals surface area contributed by atoms with Crippen LogP contribution in [0.3, 0.4) is 0 Å². The van der Waals surface area contributed by atoms with Crippen LogP contribution in [0.1, 0.15) is 39.0 Å². The average molecular weight is 244 g/mol. The van der Waals surface area contributed by atoms with E-state index in [1.807, 2.05) is 15.8 Å². The summed E-state index contributed by atoms with van der Waals surface area (Å²) in [4.78, 5) is 11.5. The second kappa shape index (κ2) is 7.70. The predicted molar refractivity (Wildman–Crippen MR) is 65.9 cm³/mol. The summed E-state index contributed by atoms with van der Waals surface area (Å²) in [6, 6.07) is -0.221. The molecule has 0 fully saturated rings. The zero-order valence-electron chi connectivity index (χ0n) is 9.69. The predicted octanol–water partition coefficient (Wildman–Crippen LogP) is 2.31. The Bertz CT molecular complexity index is 238. The second-order valence-electron chi connectivity index (χ2n) is 3.92. The minimum absolute atomic E-state index is 0.221. The second-order valence-corrected chi connectivity index (χ2v) is 4.87. The molecule has 2 N–H and O–H groups in total. The van der Waals surface area contributed by atoms with E-state index in [1.54, 1.807) is 5.48 Å². The van der Waals surface area contributed by atoms with Crippen molar-refractivity contribution in [2.75, 3.05) is 6.54 Å². The molecule has 92 valence electrons. The Kier molecular flexibility index (Phi) is 6.52. The highest BCUT2D eigenvalue weighted by molar-refractivity contribution is 8.00. The van der Waals surface area contributed by atoms with Crippen LogP contribution in [0.4, 0.5) is 0 Å². The van der Waals surface area contributed by atoms with Gasteiger partial charge in [-0.3, -0.25) is 10.0 Å². The lowest BCUT2D eigenvalue weighted by Gasteiger charge is -2.24. The van der Waals surface area contributed by atoms with Crippen molar-refractivity contribution in [2.24, 2.45) is 0 Å². The smallest absolute Gasteiger partial charge is 0.261 e. The number of hydrogen-bond donors (Lipinski definition) is 2. The first kappa shape index (κ1) is 13.5. The lowest BCUT2D eigenvalue weighted by atomic mass is 10.1. The van der Waals surface area contributed by atoms with Gasteiger partial charge in [-0.15, -0.1) is 0 Å². The largest absolute Gasteiger partial charge is 0.289 e. The molecule has 16 heavy (non-hydrogen) atoms. The average Bonchev–Trinajstić information content (AvgIpc) is 2.82. The van der Waals surface area contributed by atoms with Crippen molar-refractivity contribution < 1.29 is 10.0 Å². The van der Waals surface area contributed by atoms with Crippen LogP contribution in [-0.4, -0.2) is 28.0 Å². The van der Waals surface area contributed by atoms with Crippen molar-refractivity contribution in [2.45, 2.75) is 45.1 Å². The van der Waals surface area contributed by atoms with Crippen LogP contribution in [0.5, 0.6) is 0 Å². The summed E-state index contributed by atoms with van der Waals surface area (Å²) in [5.41, 5.74) is 1.76. The monoisotopic (exact) mass is 244 g/mol. The van der Waals surface area contributed by atoms with Crippen LogP contribution >= 0.6 is 11.9 Å². The molecule has 1 aliphatic rings. The van der Waals surface area contributed by atoms with Crippen molar-refractivity contribution in [1.82, 2.24) is 9.79 Å². The first-order chi connectivity index (χ1) is 7.79. The highest BCUT2D eigenvalue weighted by Gasteiger charge is 2.26. The molecule has 0 spiro atoms. The zero-order chi connectivity index (χ0) is 11.8. The van der Waals surface area contributed by atoms with Gasteiger partial charge in [0, 0.05) is 6.54 Å². The summed E-state index contributed by atoms with van der Waals surface area (Å²) in [6.07, 6.45) is 7.41. The molecule has 0 aromatic carbocycles. The van der Waals surface area contributed by atoms with Crippen LogP contribution < -0.4 is 5.48 Å². The molecule has 1 amide bonds. The topological polar surface area (TPSA) is 52.6 Å². The number of hydrogen-bond acceptors (Lipinski definition) is 4. The lowest BCUT2D eigenvalue weighted by molar-refractivity contribution is -0.133. The quantitative estimate of drug-likeness (QED) is 0.312. The van der Waals surface area contributed by atoms with Crippen molar-refractivity contribution in [3.05, 3.63) is 11.5 Å². The normalized spacial score (nSPS) is 17.6. The van der Waals surface area contributed by atoms with E-state index in [4.69, 9.17) is 5.21 Å². The van der Waals surface area contributed by atoms with Crippen LogP contribution in [-0.2, 0) is 4.79 Å². The molecule has 0 saturated carbocycles. The zero-order valence-corrected chi connectivity index (χ0v) is 10.5. The summed E-state index contributed by atoms with van der Waals surface area (Å²) in [7, 11) is 0. The fourth-order valence-corrected chi connectivity index (χ4v) is 2.61. The Morgan fingerprint density at radius 1 is 1.56 bits per heavy atom. The van der Waals surface area contributed by atoms with E-state index in [1.165, 1.54) is 24.8 Å². The molecule has 5 heteroatoms. The number of hydroxylamine groups is 1. The summed E-state index contributed by atoms with van der Waals surface area (Å²) < 4.78 is 2.00. The van der Waals surface area contributed by atoms with Gasteiger partial charge in [0.15, 0.2) is 0 Å². The Morgan fingerprint density at radius 2 is 2.38 bits per heavy atom. The number of carbonyl (C=O) groups excluding carboxylic acids is 1. The van der Waals surface area contributed by atoms with Gasteiger partial charge in [-0.1, -0.05) is 38.7 Å². The number of amides is 1. The van der Waals surface area contributed by atoms with E-state index in [9.17, 15) is 4.79 Å². The van der Waals surface area contributed by atoms with Gasteiger partial charge in [0.2, 0.25) is 0 Å². The number of unbranched alkanes of at least 4 members (excludes halogenated alkanes) is 3. The number of rotatable bonds is 7. The molecular formula is C11H20N2O2S. The Balaban J connectivity index is 2.35. The molecular weight excluding hydrogens is 224 g/mol.